The van der Waals surface area contributed by atoms with Gasteiger partial charge in [-0.3, -0.25) is 0 Å². The highest BCUT2D eigenvalue weighted by atomic mass is 19.4. The molecule has 1 aromatic carbocycles. The van der Waals surface area contributed by atoms with E-state index in [0.717, 1.165) is 23.1 Å². The molecule has 0 amide bonds. The summed E-state index contributed by atoms with van der Waals surface area (Å²) in [6, 6.07) is 4.36. The number of alkyl halides is 3. The Labute approximate surface area is 210 Å². The van der Waals surface area contributed by atoms with Crippen LogP contribution in [0.5, 0.6) is 0 Å². The lowest BCUT2D eigenvalue weighted by Gasteiger charge is -2.16. The number of fused-ring (bicyclic) bond motifs is 1. The van der Waals surface area contributed by atoms with Crippen LogP contribution < -0.4 is 5.73 Å². The van der Waals surface area contributed by atoms with E-state index in [2.05, 4.69) is 36.3 Å². The average molecular weight is 526 g/mol. The highest BCUT2D eigenvalue weighted by molar-refractivity contribution is 6.03. The normalized spacial score (nSPS) is 12.6. The number of rotatable bonds is 5. The third kappa shape index (κ3) is 4.05. The average Bonchev–Trinajstić information content (AvgIpc) is 3.48. The lowest BCUT2D eigenvalue weighted by molar-refractivity contribution is -0.144. The van der Waals surface area contributed by atoms with Crippen molar-refractivity contribution in [2.24, 2.45) is 0 Å². The molecule has 1 unspecified atom stereocenters. The number of benzene rings is 1. The maximum Gasteiger partial charge on any atom is 0.451 e. The van der Waals surface area contributed by atoms with Gasteiger partial charge >= 0.3 is 6.18 Å². The van der Waals surface area contributed by atoms with Crippen molar-refractivity contribution >= 4 is 16.9 Å². The molecule has 0 saturated heterocycles. The van der Waals surface area contributed by atoms with Crippen molar-refractivity contribution in [2.75, 3.05) is 5.73 Å². The minimum Gasteiger partial charge on any atom is -0.383 e. The van der Waals surface area contributed by atoms with Crippen LogP contribution in [0.15, 0.2) is 43.1 Å². The molecule has 5 rings (SSSR count). The van der Waals surface area contributed by atoms with Crippen molar-refractivity contribution in [3.05, 3.63) is 72.0 Å². The third-order valence-electron chi connectivity index (χ3n) is 5.82. The molecule has 0 aliphatic rings. The zero-order valence-corrected chi connectivity index (χ0v) is 19.3. The smallest absolute Gasteiger partial charge is 0.383 e. The predicted octanol–water partition coefficient (Wildman–Crippen LogP) is 4.22. The molecule has 4 heterocycles. The number of nitrogen functional groups attached to an aromatic ring is 1. The molecular formula is C23H15F5N10. The van der Waals surface area contributed by atoms with E-state index in [1.54, 1.807) is 6.92 Å². The van der Waals surface area contributed by atoms with E-state index in [1.807, 2.05) is 0 Å². The molecule has 0 aliphatic carbocycles. The van der Waals surface area contributed by atoms with Gasteiger partial charge in [0.25, 0.3) is 0 Å². The molecule has 2 N–H and O–H groups in total. The second-order valence-corrected chi connectivity index (χ2v) is 8.06. The molecule has 4 aromatic heterocycles. The highest BCUT2D eigenvalue weighted by Crippen LogP contribution is 2.40. The minimum absolute atomic E-state index is 0.00933. The monoisotopic (exact) mass is 526 g/mol. The lowest BCUT2D eigenvalue weighted by atomic mass is 10.1. The molecule has 1 atom stereocenters. The Kier molecular flexibility index (Phi) is 5.94. The zero-order chi connectivity index (χ0) is 27.2. The van der Waals surface area contributed by atoms with E-state index in [1.165, 1.54) is 23.2 Å². The summed E-state index contributed by atoms with van der Waals surface area (Å²) >= 11 is 0. The molecule has 0 bridgehead atoms. The largest absolute Gasteiger partial charge is 0.451 e. The van der Waals surface area contributed by atoms with Crippen molar-refractivity contribution in [1.29, 1.82) is 5.26 Å². The van der Waals surface area contributed by atoms with Gasteiger partial charge in [-0.25, -0.2) is 33.4 Å². The first kappa shape index (κ1) is 24.7. The summed E-state index contributed by atoms with van der Waals surface area (Å²) in [6.07, 6.45) is 0.0715. The van der Waals surface area contributed by atoms with Gasteiger partial charge in [0.05, 0.1) is 17.6 Å². The zero-order valence-electron chi connectivity index (χ0n) is 19.3. The van der Waals surface area contributed by atoms with Crippen LogP contribution in [0.3, 0.4) is 0 Å². The van der Waals surface area contributed by atoms with Crippen molar-refractivity contribution in [3.8, 4) is 22.9 Å². The second-order valence-electron chi connectivity index (χ2n) is 8.06. The van der Waals surface area contributed by atoms with Gasteiger partial charge in [-0.2, -0.15) is 18.4 Å². The summed E-state index contributed by atoms with van der Waals surface area (Å²) in [4.78, 5) is 15.1. The molecule has 10 nitrogen and oxygen atoms in total. The highest BCUT2D eigenvalue weighted by Gasteiger charge is 2.35. The van der Waals surface area contributed by atoms with Crippen molar-refractivity contribution in [3.63, 3.8) is 0 Å². The Morgan fingerprint density at radius 2 is 1.84 bits per heavy atom. The number of aromatic nitrogens is 8. The fraction of sp³-hybridized carbons (Fsp3) is 0.174. The third-order valence-corrected chi connectivity index (χ3v) is 5.82. The number of nitrogens with two attached hydrogens (primary N) is 1. The van der Waals surface area contributed by atoms with E-state index in [4.69, 9.17) is 5.73 Å². The van der Waals surface area contributed by atoms with Crippen LogP contribution in [0.25, 0.3) is 27.8 Å². The van der Waals surface area contributed by atoms with Gasteiger partial charge in [0.1, 0.15) is 46.8 Å². The number of anilines is 1. The summed E-state index contributed by atoms with van der Waals surface area (Å²) in [7, 11) is 0. The topological polar surface area (TPSA) is 137 Å². The Hall–Kier alpha value is -5.00. The van der Waals surface area contributed by atoms with Crippen LogP contribution in [0.1, 0.15) is 36.6 Å². The minimum atomic E-state index is -4.75. The fourth-order valence-electron chi connectivity index (χ4n) is 4.19. The summed E-state index contributed by atoms with van der Waals surface area (Å²) in [5.41, 5.74) is 6.80. The van der Waals surface area contributed by atoms with Crippen LogP contribution in [0, 0.1) is 23.0 Å². The van der Waals surface area contributed by atoms with Gasteiger partial charge in [0.2, 0.25) is 5.82 Å². The Morgan fingerprint density at radius 3 is 2.47 bits per heavy atom. The van der Waals surface area contributed by atoms with Gasteiger partial charge in [0, 0.05) is 29.6 Å². The van der Waals surface area contributed by atoms with E-state index in [9.17, 15) is 27.2 Å². The number of halogens is 5. The molecule has 0 saturated carbocycles. The van der Waals surface area contributed by atoms with Gasteiger partial charge < -0.3 is 10.3 Å². The first-order chi connectivity index (χ1) is 18.1. The first-order valence-corrected chi connectivity index (χ1v) is 11.0. The predicted molar refractivity (Wildman–Crippen MR) is 122 cm³/mol. The first-order valence-electron chi connectivity index (χ1n) is 11.0. The molecule has 192 valence electrons. The van der Waals surface area contributed by atoms with Gasteiger partial charge in [-0.05, 0) is 18.6 Å². The SMILES string of the molecule is CCC(c1cn(-c2ccc(F)cc2F)nn1)n1c(C#N)c(-c2cnc(C(F)(F)F)nc2)c2c(N)ncnc21. The van der Waals surface area contributed by atoms with Crippen LogP contribution >= 0.6 is 0 Å². The van der Waals surface area contributed by atoms with Gasteiger partial charge in [-0.1, -0.05) is 12.1 Å². The molecule has 38 heavy (non-hydrogen) atoms. The molecular weight excluding hydrogens is 511 g/mol. The van der Waals surface area contributed by atoms with E-state index >= 15 is 0 Å². The van der Waals surface area contributed by atoms with Crippen molar-refractivity contribution < 1.29 is 22.0 Å². The van der Waals surface area contributed by atoms with Crippen LogP contribution in [0.4, 0.5) is 27.8 Å². The maximum atomic E-state index is 14.3. The maximum absolute atomic E-state index is 14.3. The second kappa shape index (κ2) is 9.14. The number of nitrogens with zero attached hydrogens (tertiary/aromatic N) is 9. The van der Waals surface area contributed by atoms with E-state index in [-0.39, 0.29) is 39.4 Å². The van der Waals surface area contributed by atoms with Gasteiger partial charge in [-0.15, -0.1) is 5.10 Å². The lowest BCUT2D eigenvalue weighted by Crippen LogP contribution is -2.13. The molecule has 5 aromatic rings. The Bertz CT molecular complexity index is 1700. The van der Waals surface area contributed by atoms with Crippen LogP contribution in [0.2, 0.25) is 0 Å². The number of hydrogen-bond acceptors (Lipinski definition) is 8. The molecule has 15 heteroatoms. The van der Waals surface area contributed by atoms with Crippen molar-refractivity contribution in [2.45, 2.75) is 25.6 Å². The van der Waals surface area contributed by atoms with Crippen LogP contribution in [-0.4, -0.2) is 39.5 Å². The van der Waals surface area contributed by atoms with E-state index in [0.29, 0.717) is 18.2 Å². The van der Waals surface area contributed by atoms with Gasteiger partial charge in [0.15, 0.2) is 5.82 Å². The standard InChI is InChI=1S/C23H15F5N10/c1-2-15(14-9-37(36-35-14)16-4-3-12(24)5-13(16)25)38-17(6-29)18(19-20(30)33-10-34-21(19)38)11-7-31-22(32-8-11)23(26,27)28/h3-5,7-10,15H,2H2,1H3,(H2,30,33,34). The van der Waals surface area contributed by atoms with Crippen molar-refractivity contribution in [1.82, 2.24) is 39.5 Å². The van der Waals surface area contributed by atoms with Crippen LogP contribution in [-0.2, 0) is 6.18 Å². The Morgan fingerprint density at radius 1 is 1.11 bits per heavy atom. The molecule has 0 spiro atoms. The fourth-order valence-corrected chi connectivity index (χ4v) is 4.19. The quantitative estimate of drug-likeness (QED) is 0.336. The number of nitriles is 1. The van der Waals surface area contributed by atoms with E-state index < -0.39 is 29.7 Å². The summed E-state index contributed by atoms with van der Waals surface area (Å²) in [5, 5.41) is 18.5. The summed E-state index contributed by atoms with van der Waals surface area (Å²) in [5.74, 6) is -2.98. The molecule has 0 radical (unpaired) electrons. The summed E-state index contributed by atoms with van der Waals surface area (Å²) in [6.45, 7) is 1.79. The Balaban J connectivity index is 1.70. The molecule has 0 aliphatic heterocycles. The summed E-state index contributed by atoms with van der Waals surface area (Å²) < 4.78 is 69.4. The number of hydrogen-bond donors (Lipinski definition) is 1. The molecule has 0 fully saturated rings.